The minimum Gasteiger partial charge on any atom is -0.352 e. The summed E-state index contributed by atoms with van der Waals surface area (Å²) in [5, 5.41) is 17.6. The number of nitrogens with one attached hydrogen (secondary N) is 1. The van der Waals surface area contributed by atoms with Gasteiger partial charge in [0.15, 0.2) is 0 Å². The number of aryl methyl sites for hydroxylation is 1. The van der Waals surface area contributed by atoms with Crippen LogP contribution in [0.3, 0.4) is 0 Å². The summed E-state index contributed by atoms with van der Waals surface area (Å²) in [6.07, 6.45) is -1.33. The Balaban J connectivity index is 2.25. The molecule has 1 aromatic rings. The van der Waals surface area contributed by atoms with Crippen molar-refractivity contribution in [3.05, 3.63) is 43.0 Å². The standard InChI is InChI=1S/C11H17N5O11P2/c1-5-3-16(10(18)13-9(5)17)8-2-6(14-15-12)7(27-8)4-26-29(24,25)11(19,20)28(21,22)23/h3,6-8,19-20H,2,4H2,1H3,(H,24,25)(H,13,17,18)(H2,21,22,23)/t6?,7-,8-/m1/s1. The molecule has 0 aliphatic carbocycles. The van der Waals surface area contributed by atoms with Gasteiger partial charge in [-0.3, -0.25) is 23.5 Å². The van der Waals surface area contributed by atoms with E-state index in [1.807, 2.05) is 4.98 Å². The zero-order valence-electron chi connectivity index (χ0n) is 14.6. The van der Waals surface area contributed by atoms with Gasteiger partial charge in [0.05, 0.1) is 18.8 Å². The van der Waals surface area contributed by atoms with Crippen molar-refractivity contribution in [1.82, 2.24) is 9.55 Å². The molecule has 1 saturated heterocycles. The molecule has 1 aliphatic rings. The molecule has 29 heavy (non-hydrogen) atoms. The van der Waals surface area contributed by atoms with Crippen LogP contribution in [0, 0.1) is 6.92 Å². The Kier molecular flexibility index (Phi) is 6.57. The van der Waals surface area contributed by atoms with Crippen LogP contribution in [0.4, 0.5) is 0 Å². The number of aromatic nitrogens is 2. The van der Waals surface area contributed by atoms with Crippen molar-refractivity contribution >= 4 is 15.2 Å². The van der Waals surface area contributed by atoms with Gasteiger partial charge >= 0.3 is 26.2 Å². The number of aromatic amines is 1. The van der Waals surface area contributed by atoms with Crippen LogP contribution in [0.5, 0.6) is 0 Å². The molecule has 18 heteroatoms. The number of ether oxygens (including phenoxy) is 1. The van der Waals surface area contributed by atoms with Crippen LogP contribution in [0.25, 0.3) is 10.4 Å². The Bertz CT molecular complexity index is 1040. The molecule has 0 radical (unpaired) electrons. The van der Waals surface area contributed by atoms with E-state index in [9.17, 15) is 33.8 Å². The number of rotatable bonds is 7. The van der Waals surface area contributed by atoms with Crippen LogP contribution >= 0.6 is 15.2 Å². The monoisotopic (exact) mass is 457 g/mol. The molecule has 0 aromatic carbocycles. The highest BCUT2D eigenvalue weighted by molar-refractivity contribution is 7.72. The van der Waals surface area contributed by atoms with Gasteiger partial charge in [-0.1, -0.05) is 5.11 Å². The highest BCUT2D eigenvalue weighted by Gasteiger charge is 2.60. The minimum atomic E-state index is -5.89. The van der Waals surface area contributed by atoms with E-state index in [2.05, 4.69) is 14.5 Å². The Morgan fingerprint density at radius 2 is 2.03 bits per heavy atom. The maximum absolute atomic E-state index is 12.0. The number of hydrogen-bond acceptors (Lipinski definition) is 9. The maximum atomic E-state index is 12.0. The molecule has 1 fully saturated rings. The van der Waals surface area contributed by atoms with Crippen LogP contribution < -0.4 is 11.2 Å². The molecular formula is C11H17N5O11P2. The fraction of sp³-hybridized carbons (Fsp3) is 0.636. The number of hydrogen-bond donors (Lipinski definition) is 6. The molecule has 162 valence electrons. The number of aliphatic hydroxyl groups is 2. The van der Waals surface area contributed by atoms with Crippen molar-refractivity contribution in [2.45, 2.75) is 37.0 Å². The van der Waals surface area contributed by atoms with Crippen molar-refractivity contribution in [3.63, 3.8) is 0 Å². The van der Waals surface area contributed by atoms with Crippen LogP contribution in [0.2, 0.25) is 0 Å². The predicted octanol–water partition coefficient (Wildman–Crippen LogP) is -1.21. The zero-order chi connectivity index (χ0) is 22.2. The smallest absolute Gasteiger partial charge is 0.352 e. The molecule has 1 aliphatic heterocycles. The third-order valence-corrected chi connectivity index (χ3v) is 7.62. The van der Waals surface area contributed by atoms with Gasteiger partial charge in [-0.05, 0) is 12.5 Å². The van der Waals surface area contributed by atoms with Crippen molar-refractivity contribution in [1.29, 1.82) is 0 Å². The summed E-state index contributed by atoms with van der Waals surface area (Å²) in [6, 6.07) is -1.06. The predicted molar refractivity (Wildman–Crippen MR) is 92.5 cm³/mol. The van der Waals surface area contributed by atoms with E-state index in [0.29, 0.717) is 0 Å². The normalized spacial score (nSPS) is 24.7. The second kappa shape index (κ2) is 8.13. The molecule has 0 bridgehead atoms. The molecule has 0 spiro atoms. The average molecular weight is 457 g/mol. The van der Waals surface area contributed by atoms with Gasteiger partial charge in [-0.25, -0.2) is 4.79 Å². The molecule has 2 unspecified atom stereocenters. The third kappa shape index (κ3) is 4.68. The highest BCUT2D eigenvalue weighted by Crippen LogP contribution is 2.68. The summed E-state index contributed by atoms with van der Waals surface area (Å²) < 4.78 is 33.7. The molecule has 6 N–H and O–H groups in total. The first-order valence-electron chi connectivity index (χ1n) is 7.71. The zero-order valence-corrected chi connectivity index (χ0v) is 16.4. The third-order valence-electron chi connectivity index (χ3n) is 4.04. The molecule has 1 aromatic heterocycles. The number of H-pyrrole nitrogens is 1. The highest BCUT2D eigenvalue weighted by atomic mass is 31.2. The summed E-state index contributed by atoms with van der Waals surface area (Å²) in [5.74, 6) is 0. The lowest BCUT2D eigenvalue weighted by atomic mass is 10.1. The summed E-state index contributed by atoms with van der Waals surface area (Å²) in [6.45, 7) is 0.468. The lowest BCUT2D eigenvalue weighted by molar-refractivity contribution is -0.0649. The van der Waals surface area contributed by atoms with Crippen molar-refractivity contribution in [3.8, 4) is 0 Å². The fourth-order valence-electron chi connectivity index (χ4n) is 2.45. The first-order valence-corrected chi connectivity index (χ1v) is 10.9. The molecule has 2 heterocycles. The van der Waals surface area contributed by atoms with Crippen LogP contribution in [0.1, 0.15) is 18.2 Å². The quantitative estimate of drug-likeness (QED) is 0.0930. The molecule has 4 atom stereocenters. The van der Waals surface area contributed by atoms with Crippen molar-refractivity contribution < 1.29 is 43.3 Å². The van der Waals surface area contributed by atoms with E-state index < -0.39 is 56.7 Å². The van der Waals surface area contributed by atoms with E-state index >= 15 is 0 Å². The van der Waals surface area contributed by atoms with E-state index in [1.165, 1.54) is 13.1 Å². The van der Waals surface area contributed by atoms with Gasteiger partial charge in [0.2, 0.25) is 0 Å². The minimum absolute atomic E-state index is 0.124. The molecule has 0 amide bonds. The van der Waals surface area contributed by atoms with Gasteiger partial charge in [0, 0.05) is 23.1 Å². The van der Waals surface area contributed by atoms with Crippen LogP contribution in [-0.4, -0.2) is 58.5 Å². The van der Waals surface area contributed by atoms with Crippen molar-refractivity contribution in [2.24, 2.45) is 5.11 Å². The summed E-state index contributed by atoms with van der Waals surface area (Å²) in [5.41, 5.74) is 7.36. The van der Waals surface area contributed by atoms with Gasteiger partial charge in [0.25, 0.3) is 5.56 Å². The molecule has 2 rings (SSSR count). The van der Waals surface area contributed by atoms with Gasteiger partial charge in [-0.15, -0.1) is 0 Å². The largest absolute Gasteiger partial charge is 0.400 e. The summed E-state index contributed by atoms with van der Waals surface area (Å²) in [7, 11) is -11.6. The van der Waals surface area contributed by atoms with Gasteiger partial charge in [0.1, 0.15) is 6.23 Å². The molecule has 0 saturated carbocycles. The van der Waals surface area contributed by atoms with E-state index in [0.717, 1.165) is 4.57 Å². The first-order chi connectivity index (χ1) is 13.2. The topological polar surface area (TPSA) is 257 Å². The Morgan fingerprint density at radius 1 is 1.41 bits per heavy atom. The SMILES string of the molecule is Cc1cn([C@H]2CC(N=[N+]=[N-])[C@@H](COP(=O)(O)C(O)(O)P(=O)(O)O)O2)c(=O)[nH]c1=O. The summed E-state index contributed by atoms with van der Waals surface area (Å²) in [4.78, 5) is 55.2. The Morgan fingerprint density at radius 3 is 2.59 bits per heavy atom. The van der Waals surface area contributed by atoms with E-state index in [1.54, 1.807) is 0 Å². The maximum Gasteiger partial charge on any atom is 0.400 e. The Labute approximate surface area is 160 Å². The number of azide groups is 1. The fourth-order valence-corrected chi connectivity index (χ4v) is 4.46. The van der Waals surface area contributed by atoms with E-state index in [-0.39, 0.29) is 12.0 Å². The second-order valence-corrected chi connectivity index (χ2v) is 10.1. The first kappa shape index (κ1) is 23.4. The summed E-state index contributed by atoms with van der Waals surface area (Å²) >= 11 is 0. The number of nitrogens with zero attached hydrogens (tertiary/aromatic N) is 4. The second-order valence-electron chi connectivity index (χ2n) is 6.08. The molecule has 16 nitrogen and oxygen atoms in total. The average Bonchev–Trinajstić information content (AvgIpc) is 2.98. The Hall–Kier alpha value is -1.83. The van der Waals surface area contributed by atoms with Crippen LogP contribution in [0.15, 0.2) is 20.9 Å². The van der Waals surface area contributed by atoms with Crippen LogP contribution in [-0.2, 0) is 18.4 Å². The van der Waals surface area contributed by atoms with Gasteiger partial charge in [-0.2, -0.15) is 0 Å². The van der Waals surface area contributed by atoms with Crippen molar-refractivity contribution in [2.75, 3.05) is 6.61 Å². The lowest BCUT2D eigenvalue weighted by Gasteiger charge is -2.27. The van der Waals surface area contributed by atoms with E-state index in [4.69, 9.17) is 20.1 Å². The molecular weight excluding hydrogens is 440 g/mol. The lowest BCUT2D eigenvalue weighted by Crippen LogP contribution is -2.34. The van der Waals surface area contributed by atoms with Gasteiger partial charge < -0.3 is 34.2 Å².